The van der Waals surface area contributed by atoms with Gasteiger partial charge in [-0.2, -0.15) is 10.2 Å². The average molecular weight is 689 g/mol. The van der Waals surface area contributed by atoms with E-state index in [0.717, 1.165) is 75.8 Å². The van der Waals surface area contributed by atoms with E-state index in [0.29, 0.717) is 19.6 Å². The van der Waals surface area contributed by atoms with Crippen LogP contribution in [0.5, 0.6) is 0 Å². The summed E-state index contributed by atoms with van der Waals surface area (Å²) in [5.74, 6) is -0.529. The first-order valence-corrected chi connectivity index (χ1v) is 16.9. The lowest BCUT2D eigenvalue weighted by Gasteiger charge is -2.30. The fourth-order valence-electron chi connectivity index (χ4n) is 6.32. The zero-order valence-corrected chi connectivity index (χ0v) is 28.7. The van der Waals surface area contributed by atoms with Gasteiger partial charge in [-0.3, -0.25) is 19.3 Å². The standard InChI is InChI=1S/C22H23FN4O2.C17H15FN4/c1-22(2,3)29-21(28)26-12-13-27-18(14-26)19(15-8-10-24-11-9-15)20(25-27)16-4-6-17(23)7-5-16;18-14-3-1-13(2-4-14)17-16(12-5-7-19-8-6-12)15-11-20-9-10-22(15)21-17/h4-11H,12-14H2,1-3H3;1-8,20H,9-11H2. The van der Waals surface area contributed by atoms with Crippen molar-refractivity contribution in [2.45, 2.75) is 52.6 Å². The van der Waals surface area contributed by atoms with Gasteiger partial charge in [0.15, 0.2) is 0 Å². The molecule has 2 aliphatic rings. The molecule has 10 nitrogen and oxygen atoms in total. The number of hydrogen-bond donors (Lipinski definition) is 1. The Labute approximate surface area is 294 Å². The van der Waals surface area contributed by atoms with Crippen LogP contribution in [0.15, 0.2) is 97.6 Å². The predicted molar refractivity (Wildman–Crippen MR) is 190 cm³/mol. The van der Waals surface area contributed by atoms with E-state index in [1.165, 1.54) is 24.3 Å². The first-order chi connectivity index (χ1) is 24.6. The number of pyridine rings is 2. The topological polar surface area (TPSA) is 103 Å². The van der Waals surface area contributed by atoms with Crippen molar-refractivity contribution in [3.63, 3.8) is 0 Å². The highest BCUT2D eigenvalue weighted by Crippen LogP contribution is 2.37. The van der Waals surface area contributed by atoms with Crippen LogP contribution in [0.1, 0.15) is 32.2 Å². The largest absolute Gasteiger partial charge is 0.444 e. The van der Waals surface area contributed by atoms with Gasteiger partial charge in [0.25, 0.3) is 0 Å². The second-order valence-electron chi connectivity index (χ2n) is 13.4. The molecule has 0 fully saturated rings. The predicted octanol–water partition coefficient (Wildman–Crippen LogP) is 7.36. The van der Waals surface area contributed by atoms with Crippen molar-refractivity contribution >= 4 is 6.09 Å². The van der Waals surface area contributed by atoms with Crippen LogP contribution in [0.25, 0.3) is 44.8 Å². The monoisotopic (exact) mass is 688 g/mol. The number of ether oxygens (including phenoxy) is 1. The highest BCUT2D eigenvalue weighted by atomic mass is 19.1. The Morgan fingerprint density at radius 3 is 1.67 bits per heavy atom. The molecule has 12 heteroatoms. The van der Waals surface area contributed by atoms with Crippen LogP contribution in [0.3, 0.4) is 0 Å². The molecule has 8 rings (SSSR count). The highest BCUT2D eigenvalue weighted by molar-refractivity contribution is 5.84. The summed E-state index contributed by atoms with van der Waals surface area (Å²) in [6.07, 6.45) is 6.67. The number of rotatable bonds is 4. The summed E-state index contributed by atoms with van der Waals surface area (Å²) in [4.78, 5) is 22.5. The second kappa shape index (κ2) is 14.2. The van der Waals surface area contributed by atoms with Gasteiger partial charge in [0.05, 0.1) is 31.0 Å². The molecule has 6 aromatic rings. The maximum Gasteiger partial charge on any atom is 0.410 e. The van der Waals surface area contributed by atoms with Gasteiger partial charge >= 0.3 is 6.09 Å². The minimum absolute atomic E-state index is 0.236. The highest BCUT2D eigenvalue weighted by Gasteiger charge is 2.30. The van der Waals surface area contributed by atoms with Crippen molar-refractivity contribution in [3.05, 3.63) is 121 Å². The zero-order valence-electron chi connectivity index (χ0n) is 28.7. The third kappa shape index (κ3) is 7.41. The molecule has 1 amide bonds. The van der Waals surface area contributed by atoms with Crippen LogP contribution in [0.4, 0.5) is 13.6 Å². The lowest BCUT2D eigenvalue weighted by molar-refractivity contribution is 0.0195. The van der Waals surface area contributed by atoms with Crippen LogP contribution >= 0.6 is 0 Å². The lowest BCUT2D eigenvalue weighted by Crippen LogP contribution is -2.41. The van der Waals surface area contributed by atoms with E-state index < -0.39 is 5.60 Å². The Hall–Kier alpha value is -5.75. The number of aromatic nitrogens is 6. The number of nitrogens with one attached hydrogen (secondary N) is 1. The quantitative estimate of drug-likeness (QED) is 0.207. The third-order valence-electron chi connectivity index (χ3n) is 8.66. The van der Waals surface area contributed by atoms with Gasteiger partial charge in [-0.25, -0.2) is 13.6 Å². The van der Waals surface area contributed by atoms with E-state index >= 15 is 0 Å². The fourth-order valence-corrected chi connectivity index (χ4v) is 6.32. The fraction of sp³-hybridized carbons (Fsp3) is 0.256. The number of fused-ring (bicyclic) bond motifs is 2. The van der Waals surface area contributed by atoms with E-state index in [9.17, 15) is 13.6 Å². The van der Waals surface area contributed by atoms with Crippen molar-refractivity contribution in [2.24, 2.45) is 0 Å². The number of hydrogen-bond acceptors (Lipinski definition) is 7. The minimum Gasteiger partial charge on any atom is -0.444 e. The Morgan fingerprint density at radius 2 is 1.16 bits per heavy atom. The molecule has 2 aliphatic heterocycles. The Bertz CT molecular complexity index is 2130. The summed E-state index contributed by atoms with van der Waals surface area (Å²) in [6, 6.07) is 20.6. The van der Waals surface area contributed by atoms with E-state index in [1.807, 2.05) is 54.4 Å². The van der Waals surface area contributed by atoms with Crippen molar-refractivity contribution < 1.29 is 18.3 Å². The first-order valence-electron chi connectivity index (χ1n) is 16.9. The lowest BCUT2D eigenvalue weighted by atomic mass is 9.99. The molecule has 2 aromatic carbocycles. The van der Waals surface area contributed by atoms with Gasteiger partial charge in [0.2, 0.25) is 0 Å². The molecule has 0 saturated carbocycles. The molecule has 260 valence electrons. The third-order valence-corrected chi connectivity index (χ3v) is 8.66. The number of nitrogens with zero attached hydrogens (tertiary/aromatic N) is 7. The zero-order chi connectivity index (χ0) is 35.5. The molecule has 0 spiro atoms. The summed E-state index contributed by atoms with van der Waals surface area (Å²) in [7, 11) is 0. The van der Waals surface area contributed by atoms with Crippen molar-refractivity contribution in [2.75, 3.05) is 13.1 Å². The number of benzene rings is 2. The molecule has 0 saturated heterocycles. The van der Waals surface area contributed by atoms with E-state index in [4.69, 9.17) is 14.9 Å². The maximum atomic E-state index is 13.4. The number of carbonyl (C=O) groups is 1. The van der Waals surface area contributed by atoms with Gasteiger partial charge in [-0.15, -0.1) is 0 Å². The molecule has 6 heterocycles. The van der Waals surface area contributed by atoms with E-state index in [1.54, 1.807) is 54.0 Å². The number of amides is 1. The number of halogens is 2. The normalized spacial score (nSPS) is 13.9. The molecule has 0 aliphatic carbocycles. The molecule has 1 N–H and O–H groups in total. The number of carbonyl (C=O) groups excluding carboxylic acids is 1. The van der Waals surface area contributed by atoms with Gasteiger partial charge in [0.1, 0.15) is 28.6 Å². The molecule has 51 heavy (non-hydrogen) atoms. The maximum absolute atomic E-state index is 13.4. The Kier molecular flexibility index (Phi) is 9.42. The minimum atomic E-state index is -0.554. The molecule has 0 radical (unpaired) electrons. The first kappa shape index (κ1) is 33.7. The molecule has 4 aromatic heterocycles. The summed E-state index contributed by atoms with van der Waals surface area (Å²) in [6.45, 7) is 9.57. The molecular weight excluding hydrogens is 650 g/mol. The van der Waals surface area contributed by atoms with Crippen LogP contribution in [-0.4, -0.2) is 59.2 Å². The Morgan fingerprint density at radius 1 is 0.667 bits per heavy atom. The second-order valence-corrected chi connectivity index (χ2v) is 13.4. The van der Waals surface area contributed by atoms with Crippen LogP contribution < -0.4 is 5.32 Å². The van der Waals surface area contributed by atoms with Crippen molar-refractivity contribution in [3.8, 4) is 44.8 Å². The van der Waals surface area contributed by atoms with Gasteiger partial charge < -0.3 is 15.0 Å². The molecule has 0 bridgehead atoms. The van der Waals surface area contributed by atoms with Gasteiger partial charge in [0, 0.05) is 66.7 Å². The summed E-state index contributed by atoms with van der Waals surface area (Å²) in [5, 5.41) is 12.9. The molecular formula is C39H38F2N8O2. The Balaban J connectivity index is 0.000000165. The van der Waals surface area contributed by atoms with Gasteiger partial charge in [-0.1, -0.05) is 0 Å². The summed E-state index contributed by atoms with van der Waals surface area (Å²) in [5.41, 5.74) is 8.99. The van der Waals surface area contributed by atoms with E-state index in [2.05, 4.69) is 15.3 Å². The van der Waals surface area contributed by atoms with Crippen LogP contribution in [0.2, 0.25) is 0 Å². The van der Waals surface area contributed by atoms with Gasteiger partial charge in [-0.05, 0) is 105 Å². The van der Waals surface area contributed by atoms with E-state index in [-0.39, 0.29) is 17.7 Å². The van der Waals surface area contributed by atoms with Crippen molar-refractivity contribution in [1.29, 1.82) is 0 Å². The summed E-state index contributed by atoms with van der Waals surface area (Å²) >= 11 is 0. The average Bonchev–Trinajstić information content (AvgIpc) is 3.71. The van der Waals surface area contributed by atoms with Crippen LogP contribution in [0, 0.1) is 11.6 Å². The van der Waals surface area contributed by atoms with Crippen LogP contribution in [-0.2, 0) is 30.9 Å². The smallest absolute Gasteiger partial charge is 0.410 e. The van der Waals surface area contributed by atoms with Crippen molar-refractivity contribution in [1.82, 2.24) is 39.7 Å². The molecule has 0 atom stereocenters. The summed E-state index contributed by atoms with van der Waals surface area (Å²) < 4.78 is 36.2. The molecule has 0 unspecified atom stereocenters. The SMILES string of the molecule is CC(C)(C)OC(=O)N1CCn2nc(-c3ccc(F)cc3)c(-c3ccncc3)c2C1.Fc1ccc(-c2nn3c(c2-c2ccncc2)CNCC3)cc1.